The van der Waals surface area contributed by atoms with Crippen molar-refractivity contribution in [2.24, 2.45) is 0 Å². The zero-order valence-corrected chi connectivity index (χ0v) is 16.0. The van der Waals surface area contributed by atoms with Gasteiger partial charge in [-0.15, -0.1) is 11.3 Å². The Balaban J connectivity index is 1.66. The van der Waals surface area contributed by atoms with Crippen molar-refractivity contribution >= 4 is 34.2 Å². The van der Waals surface area contributed by atoms with Crippen LogP contribution in [0.4, 0.5) is 0 Å². The van der Waals surface area contributed by atoms with Crippen LogP contribution < -0.4 is 0 Å². The number of methoxy groups -OCH3 is 1. The Hall–Kier alpha value is -2.74. The SMILES string of the molecule is COC(=O)C1CCCN1C(=O)Cn1nc(C)c2c(-c3cccs3)ccnc21. The molecule has 140 valence electrons. The van der Waals surface area contributed by atoms with E-state index in [4.69, 9.17) is 4.74 Å². The number of likely N-dealkylation sites (tertiary alicyclic amines) is 1. The van der Waals surface area contributed by atoms with Crippen LogP contribution in [0, 0.1) is 6.92 Å². The van der Waals surface area contributed by atoms with E-state index >= 15 is 0 Å². The van der Waals surface area contributed by atoms with Crippen LogP contribution >= 0.6 is 11.3 Å². The van der Waals surface area contributed by atoms with Gasteiger partial charge in [0.1, 0.15) is 12.6 Å². The van der Waals surface area contributed by atoms with Crippen LogP contribution in [0.5, 0.6) is 0 Å². The predicted octanol–water partition coefficient (Wildman–Crippen LogP) is 2.63. The molecule has 1 fully saturated rings. The zero-order valence-electron chi connectivity index (χ0n) is 15.2. The first-order chi connectivity index (χ1) is 13.1. The van der Waals surface area contributed by atoms with Crippen LogP contribution in [0.1, 0.15) is 18.5 Å². The van der Waals surface area contributed by atoms with Crippen molar-refractivity contribution in [1.29, 1.82) is 0 Å². The van der Waals surface area contributed by atoms with Crippen LogP contribution in [0.25, 0.3) is 21.5 Å². The molecule has 4 heterocycles. The summed E-state index contributed by atoms with van der Waals surface area (Å²) in [5.41, 5.74) is 2.58. The fourth-order valence-electron chi connectivity index (χ4n) is 3.69. The lowest BCUT2D eigenvalue weighted by atomic mass is 10.1. The molecule has 0 radical (unpaired) electrons. The molecule has 1 aliphatic rings. The van der Waals surface area contributed by atoms with Gasteiger partial charge >= 0.3 is 5.97 Å². The van der Waals surface area contributed by atoms with Gasteiger partial charge in [-0.1, -0.05) is 6.07 Å². The van der Waals surface area contributed by atoms with Crippen molar-refractivity contribution < 1.29 is 14.3 Å². The molecule has 1 atom stereocenters. The lowest BCUT2D eigenvalue weighted by molar-refractivity contribution is -0.151. The highest BCUT2D eigenvalue weighted by atomic mass is 32.1. The first-order valence-electron chi connectivity index (χ1n) is 8.83. The lowest BCUT2D eigenvalue weighted by Crippen LogP contribution is -2.42. The van der Waals surface area contributed by atoms with Crippen molar-refractivity contribution in [3.8, 4) is 10.4 Å². The molecule has 3 aromatic rings. The minimum atomic E-state index is -0.500. The van der Waals surface area contributed by atoms with E-state index in [-0.39, 0.29) is 18.4 Å². The molecule has 7 nitrogen and oxygen atoms in total. The highest BCUT2D eigenvalue weighted by Crippen LogP contribution is 2.32. The first-order valence-corrected chi connectivity index (χ1v) is 9.71. The minimum Gasteiger partial charge on any atom is -0.467 e. The number of carbonyl (C=O) groups is 2. The molecule has 1 saturated heterocycles. The van der Waals surface area contributed by atoms with Crippen molar-refractivity contribution in [2.75, 3.05) is 13.7 Å². The largest absolute Gasteiger partial charge is 0.467 e. The van der Waals surface area contributed by atoms with Gasteiger partial charge in [0.05, 0.1) is 18.2 Å². The molecule has 1 unspecified atom stereocenters. The fraction of sp³-hybridized carbons (Fsp3) is 0.368. The number of carbonyl (C=O) groups excluding carboxylic acids is 2. The molecule has 0 bridgehead atoms. The highest BCUT2D eigenvalue weighted by Gasteiger charge is 2.35. The normalized spacial score (nSPS) is 16.8. The molecule has 8 heteroatoms. The monoisotopic (exact) mass is 384 g/mol. The van der Waals surface area contributed by atoms with Gasteiger partial charge in [-0.05, 0) is 37.3 Å². The third-order valence-electron chi connectivity index (χ3n) is 4.93. The predicted molar refractivity (Wildman–Crippen MR) is 102 cm³/mol. The Kier molecular flexibility index (Phi) is 4.65. The number of amides is 1. The van der Waals surface area contributed by atoms with Crippen LogP contribution in [0.3, 0.4) is 0 Å². The molecule has 3 aromatic heterocycles. The van der Waals surface area contributed by atoms with Crippen LogP contribution in [-0.2, 0) is 20.9 Å². The lowest BCUT2D eigenvalue weighted by Gasteiger charge is -2.22. The number of nitrogens with zero attached hydrogens (tertiary/aromatic N) is 4. The number of fused-ring (bicyclic) bond motifs is 1. The summed E-state index contributed by atoms with van der Waals surface area (Å²) in [4.78, 5) is 32.0. The number of aromatic nitrogens is 3. The fourth-order valence-corrected chi connectivity index (χ4v) is 4.45. The van der Waals surface area contributed by atoms with Crippen molar-refractivity contribution in [3.63, 3.8) is 0 Å². The van der Waals surface area contributed by atoms with Gasteiger partial charge in [-0.3, -0.25) is 4.79 Å². The highest BCUT2D eigenvalue weighted by molar-refractivity contribution is 7.13. The van der Waals surface area contributed by atoms with Gasteiger partial charge in [-0.25, -0.2) is 14.5 Å². The van der Waals surface area contributed by atoms with Crippen molar-refractivity contribution in [2.45, 2.75) is 32.4 Å². The third kappa shape index (κ3) is 3.10. The van der Waals surface area contributed by atoms with Gasteiger partial charge in [0.15, 0.2) is 5.65 Å². The summed E-state index contributed by atoms with van der Waals surface area (Å²) in [7, 11) is 1.35. The quantitative estimate of drug-likeness (QED) is 0.646. The molecule has 4 rings (SSSR count). The van der Waals surface area contributed by atoms with Gasteiger partial charge in [0.25, 0.3) is 0 Å². The molecule has 0 N–H and O–H groups in total. The van der Waals surface area contributed by atoms with Crippen LogP contribution in [0.2, 0.25) is 0 Å². The maximum absolute atomic E-state index is 12.8. The van der Waals surface area contributed by atoms with Gasteiger partial charge < -0.3 is 9.64 Å². The molecule has 0 aliphatic carbocycles. The zero-order chi connectivity index (χ0) is 19.0. The summed E-state index contributed by atoms with van der Waals surface area (Å²) in [5.74, 6) is -0.504. The summed E-state index contributed by atoms with van der Waals surface area (Å²) >= 11 is 1.66. The number of aryl methyl sites for hydroxylation is 1. The third-order valence-corrected chi connectivity index (χ3v) is 5.83. The maximum Gasteiger partial charge on any atom is 0.328 e. The number of pyridine rings is 1. The Labute approximate surface area is 160 Å². The Morgan fingerprint density at radius 3 is 2.96 bits per heavy atom. The standard InChI is InChI=1S/C19H20N4O3S/c1-12-17-13(15-6-4-10-27-15)7-8-20-18(17)23(21-12)11-16(24)22-9-3-5-14(22)19(25)26-2/h4,6-8,10,14H,3,5,9,11H2,1-2H3. The number of hydrogen-bond donors (Lipinski definition) is 0. The van der Waals surface area contributed by atoms with E-state index in [1.807, 2.05) is 24.4 Å². The molecule has 0 aromatic carbocycles. The molecule has 1 amide bonds. The smallest absolute Gasteiger partial charge is 0.328 e. The van der Waals surface area contributed by atoms with E-state index in [1.54, 1.807) is 27.1 Å². The summed E-state index contributed by atoms with van der Waals surface area (Å²) in [5, 5.41) is 7.55. The van der Waals surface area contributed by atoms with E-state index in [0.717, 1.165) is 27.9 Å². The van der Waals surface area contributed by atoms with E-state index in [1.165, 1.54) is 7.11 Å². The number of ether oxygens (including phenoxy) is 1. The maximum atomic E-state index is 12.8. The summed E-state index contributed by atoms with van der Waals surface area (Å²) in [6, 6.07) is 5.55. The van der Waals surface area contributed by atoms with E-state index in [0.29, 0.717) is 18.6 Å². The molecular formula is C19H20N4O3S. The Morgan fingerprint density at radius 2 is 2.22 bits per heavy atom. The van der Waals surface area contributed by atoms with Crippen molar-refractivity contribution in [3.05, 3.63) is 35.5 Å². The second kappa shape index (κ2) is 7.11. The van der Waals surface area contributed by atoms with Crippen molar-refractivity contribution in [1.82, 2.24) is 19.7 Å². The average molecular weight is 384 g/mol. The topological polar surface area (TPSA) is 77.3 Å². The molecular weight excluding hydrogens is 364 g/mol. The second-order valence-corrected chi connectivity index (χ2v) is 7.49. The Morgan fingerprint density at radius 1 is 1.37 bits per heavy atom. The van der Waals surface area contributed by atoms with E-state index in [9.17, 15) is 9.59 Å². The van der Waals surface area contributed by atoms with Crippen LogP contribution in [-0.4, -0.2) is 51.2 Å². The molecule has 0 saturated carbocycles. The van der Waals surface area contributed by atoms with Gasteiger partial charge in [-0.2, -0.15) is 5.10 Å². The van der Waals surface area contributed by atoms with Crippen LogP contribution in [0.15, 0.2) is 29.8 Å². The number of thiophene rings is 1. The molecule has 0 spiro atoms. The summed E-state index contributed by atoms with van der Waals surface area (Å²) in [6.07, 6.45) is 3.18. The second-order valence-electron chi connectivity index (χ2n) is 6.55. The number of esters is 1. The molecule has 1 aliphatic heterocycles. The van der Waals surface area contributed by atoms with Gasteiger partial charge in [0.2, 0.25) is 5.91 Å². The minimum absolute atomic E-state index is 0.0543. The summed E-state index contributed by atoms with van der Waals surface area (Å²) < 4.78 is 6.47. The summed E-state index contributed by atoms with van der Waals surface area (Å²) in [6.45, 7) is 2.54. The van der Waals surface area contributed by atoms with Gasteiger partial charge in [0, 0.05) is 23.2 Å². The number of rotatable bonds is 4. The first kappa shape index (κ1) is 17.7. The Bertz CT molecular complexity index is 996. The average Bonchev–Trinajstić information content (AvgIpc) is 3.42. The van der Waals surface area contributed by atoms with E-state index < -0.39 is 6.04 Å². The number of hydrogen-bond acceptors (Lipinski definition) is 6. The van der Waals surface area contributed by atoms with E-state index in [2.05, 4.69) is 16.1 Å². The molecule has 27 heavy (non-hydrogen) atoms.